The first-order valence-corrected chi connectivity index (χ1v) is 9.33. The fraction of sp³-hybridized carbons (Fsp3) is 0.0769. The quantitative estimate of drug-likeness (QED) is 0.329. The standard InChI is InChI=1S/C26H17F3/c1-2-17-14-24(28)26(25(29)15-17)20-8-5-18(6-9-20)3-4-19-7-10-22-16-23(27)12-11-21(22)13-19/h5-16H,2H2,1H3. The van der Waals surface area contributed by atoms with E-state index in [9.17, 15) is 13.2 Å². The summed E-state index contributed by atoms with van der Waals surface area (Å²) in [6, 6.07) is 19.8. The third-order valence-corrected chi connectivity index (χ3v) is 4.84. The van der Waals surface area contributed by atoms with Crippen LogP contribution in [0.25, 0.3) is 21.9 Å². The minimum atomic E-state index is -0.562. The molecule has 0 fully saturated rings. The van der Waals surface area contributed by atoms with Gasteiger partial charge in [-0.2, -0.15) is 0 Å². The first-order valence-electron chi connectivity index (χ1n) is 9.33. The Morgan fingerprint density at radius 1 is 0.655 bits per heavy atom. The molecule has 0 aliphatic heterocycles. The van der Waals surface area contributed by atoms with Crippen molar-refractivity contribution in [2.75, 3.05) is 0 Å². The Kier molecular flexibility index (Phi) is 5.10. The molecule has 0 saturated carbocycles. The van der Waals surface area contributed by atoms with Crippen molar-refractivity contribution in [2.45, 2.75) is 13.3 Å². The van der Waals surface area contributed by atoms with Crippen LogP contribution in [0.3, 0.4) is 0 Å². The topological polar surface area (TPSA) is 0 Å². The first-order chi connectivity index (χ1) is 14.0. The molecule has 29 heavy (non-hydrogen) atoms. The minimum Gasteiger partial charge on any atom is -0.207 e. The van der Waals surface area contributed by atoms with E-state index in [1.165, 1.54) is 24.3 Å². The molecular formula is C26H17F3. The molecule has 0 saturated heterocycles. The molecular weight excluding hydrogens is 369 g/mol. The van der Waals surface area contributed by atoms with Gasteiger partial charge < -0.3 is 0 Å². The van der Waals surface area contributed by atoms with Crippen molar-refractivity contribution in [1.82, 2.24) is 0 Å². The first kappa shape index (κ1) is 18.8. The van der Waals surface area contributed by atoms with E-state index in [0.717, 1.165) is 21.9 Å². The monoisotopic (exact) mass is 386 g/mol. The molecule has 0 atom stereocenters. The van der Waals surface area contributed by atoms with Crippen LogP contribution in [0.1, 0.15) is 23.6 Å². The van der Waals surface area contributed by atoms with Crippen LogP contribution in [0, 0.1) is 29.3 Å². The largest absolute Gasteiger partial charge is 0.207 e. The smallest absolute Gasteiger partial charge is 0.134 e. The third kappa shape index (κ3) is 4.02. The number of benzene rings is 4. The highest BCUT2D eigenvalue weighted by Gasteiger charge is 2.12. The van der Waals surface area contributed by atoms with Crippen LogP contribution in [-0.4, -0.2) is 0 Å². The summed E-state index contributed by atoms with van der Waals surface area (Å²) in [4.78, 5) is 0. The lowest BCUT2D eigenvalue weighted by Crippen LogP contribution is -1.93. The summed E-state index contributed by atoms with van der Waals surface area (Å²) in [5.74, 6) is 4.73. The number of rotatable bonds is 2. The Morgan fingerprint density at radius 2 is 1.24 bits per heavy atom. The lowest BCUT2D eigenvalue weighted by atomic mass is 10.00. The lowest BCUT2D eigenvalue weighted by molar-refractivity contribution is 0.586. The summed E-state index contributed by atoms with van der Waals surface area (Å²) in [6.45, 7) is 1.86. The summed E-state index contributed by atoms with van der Waals surface area (Å²) < 4.78 is 41.9. The Labute approximate surface area is 167 Å². The van der Waals surface area contributed by atoms with E-state index >= 15 is 0 Å². The van der Waals surface area contributed by atoms with E-state index in [0.29, 0.717) is 17.5 Å². The zero-order valence-corrected chi connectivity index (χ0v) is 15.8. The molecule has 0 unspecified atom stereocenters. The fourth-order valence-electron chi connectivity index (χ4n) is 3.26. The van der Waals surface area contributed by atoms with E-state index < -0.39 is 11.6 Å². The Bertz CT molecular complexity index is 1240. The summed E-state index contributed by atoms with van der Waals surface area (Å²) >= 11 is 0. The number of fused-ring (bicyclic) bond motifs is 1. The van der Waals surface area contributed by atoms with E-state index in [1.54, 1.807) is 30.3 Å². The molecule has 0 spiro atoms. The average Bonchev–Trinajstić information content (AvgIpc) is 2.72. The zero-order chi connectivity index (χ0) is 20.4. The maximum absolute atomic E-state index is 14.3. The summed E-state index contributed by atoms with van der Waals surface area (Å²) in [5, 5.41) is 1.73. The van der Waals surface area contributed by atoms with Gasteiger partial charge in [0.1, 0.15) is 17.5 Å². The van der Waals surface area contributed by atoms with E-state index in [-0.39, 0.29) is 11.4 Å². The van der Waals surface area contributed by atoms with Gasteiger partial charge in [0.15, 0.2) is 0 Å². The third-order valence-electron chi connectivity index (χ3n) is 4.84. The molecule has 4 aromatic rings. The lowest BCUT2D eigenvalue weighted by Gasteiger charge is -2.07. The molecule has 0 N–H and O–H groups in total. The van der Waals surface area contributed by atoms with Gasteiger partial charge in [-0.25, -0.2) is 13.2 Å². The molecule has 0 aliphatic rings. The Morgan fingerprint density at radius 3 is 1.93 bits per heavy atom. The molecule has 0 heterocycles. The van der Waals surface area contributed by atoms with Gasteiger partial charge in [-0.1, -0.05) is 43.0 Å². The second kappa shape index (κ2) is 7.85. The molecule has 4 rings (SSSR count). The highest BCUT2D eigenvalue weighted by Crippen LogP contribution is 2.27. The zero-order valence-electron chi connectivity index (χ0n) is 15.8. The maximum Gasteiger partial charge on any atom is 0.134 e. The highest BCUT2D eigenvalue weighted by atomic mass is 19.1. The molecule has 0 nitrogen and oxygen atoms in total. The van der Waals surface area contributed by atoms with Crippen LogP contribution in [-0.2, 0) is 6.42 Å². The molecule has 0 radical (unpaired) electrons. The van der Waals surface area contributed by atoms with Crippen molar-refractivity contribution in [3.8, 4) is 23.0 Å². The van der Waals surface area contributed by atoms with E-state index in [1.807, 2.05) is 25.1 Å². The Balaban J connectivity index is 1.61. The summed E-state index contributed by atoms with van der Waals surface area (Å²) in [6.07, 6.45) is 0.576. The van der Waals surface area contributed by atoms with Crippen molar-refractivity contribution in [1.29, 1.82) is 0 Å². The van der Waals surface area contributed by atoms with Crippen LogP contribution in [0.5, 0.6) is 0 Å². The summed E-state index contributed by atoms with van der Waals surface area (Å²) in [7, 11) is 0. The second-order valence-corrected chi connectivity index (χ2v) is 6.82. The van der Waals surface area contributed by atoms with Crippen LogP contribution in [0.15, 0.2) is 72.8 Å². The number of hydrogen-bond acceptors (Lipinski definition) is 0. The van der Waals surface area contributed by atoms with Crippen LogP contribution < -0.4 is 0 Å². The molecule has 0 bridgehead atoms. The van der Waals surface area contributed by atoms with Gasteiger partial charge >= 0.3 is 0 Å². The maximum atomic E-state index is 14.3. The van der Waals surface area contributed by atoms with Crippen molar-refractivity contribution in [2.24, 2.45) is 0 Å². The van der Waals surface area contributed by atoms with Crippen LogP contribution in [0.4, 0.5) is 13.2 Å². The van der Waals surface area contributed by atoms with Gasteiger partial charge in [-0.05, 0) is 76.9 Å². The molecule has 0 amide bonds. The van der Waals surface area contributed by atoms with Crippen molar-refractivity contribution < 1.29 is 13.2 Å². The fourth-order valence-corrected chi connectivity index (χ4v) is 3.26. The SMILES string of the molecule is CCc1cc(F)c(-c2ccc(C#Cc3ccc4cc(F)ccc4c3)cc2)c(F)c1. The Hall–Kier alpha value is -3.51. The minimum absolute atomic E-state index is 0.0246. The molecule has 142 valence electrons. The second-order valence-electron chi connectivity index (χ2n) is 6.82. The van der Waals surface area contributed by atoms with Crippen LogP contribution >= 0.6 is 0 Å². The molecule has 0 aliphatic carbocycles. The normalized spacial score (nSPS) is 10.6. The predicted molar refractivity (Wildman–Crippen MR) is 111 cm³/mol. The summed E-state index contributed by atoms with van der Waals surface area (Å²) in [5.41, 5.74) is 2.62. The molecule has 4 aromatic carbocycles. The van der Waals surface area contributed by atoms with Gasteiger partial charge in [0, 0.05) is 11.1 Å². The van der Waals surface area contributed by atoms with Gasteiger partial charge in [-0.15, -0.1) is 0 Å². The van der Waals surface area contributed by atoms with E-state index in [4.69, 9.17) is 0 Å². The number of aryl methyl sites for hydroxylation is 1. The highest BCUT2D eigenvalue weighted by molar-refractivity contribution is 5.84. The van der Waals surface area contributed by atoms with Gasteiger partial charge in [0.25, 0.3) is 0 Å². The van der Waals surface area contributed by atoms with Crippen molar-refractivity contribution in [3.63, 3.8) is 0 Å². The average molecular weight is 386 g/mol. The van der Waals surface area contributed by atoms with Crippen molar-refractivity contribution >= 4 is 10.8 Å². The molecule has 3 heteroatoms. The van der Waals surface area contributed by atoms with Gasteiger partial charge in [0.2, 0.25) is 0 Å². The van der Waals surface area contributed by atoms with E-state index in [2.05, 4.69) is 11.8 Å². The number of hydrogen-bond donors (Lipinski definition) is 0. The van der Waals surface area contributed by atoms with Gasteiger partial charge in [-0.3, -0.25) is 0 Å². The van der Waals surface area contributed by atoms with Gasteiger partial charge in [0.05, 0.1) is 5.56 Å². The molecule has 0 aromatic heterocycles. The van der Waals surface area contributed by atoms with Crippen molar-refractivity contribution in [3.05, 3.63) is 107 Å². The predicted octanol–water partition coefficient (Wildman–Crippen LogP) is 6.89. The number of halogens is 3. The van der Waals surface area contributed by atoms with Crippen LogP contribution in [0.2, 0.25) is 0 Å².